The summed E-state index contributed by atoms with van der Waals surface area (Å²) in [5.74, 6) is 1.31. The van der Waals surface area contributed by atoms with E-state index in [1.807, 2.05) is 6.20 Å². The van der Waals surface area contributed by atoms with E-state index in [0.29, 0.717) is 6.54 Å². The minimum atomic E-state index is 0.0831. The van der Waals surface area contributed by atoms with Crippen LogP contribution in [0.25, 0.3) is 0 Å². The molecule has 2 aliphatic heterocycles. The van der Waals surface area contributed by atoms with E-state index < -0.39 is 0 Å². The molecule has 1 aromatic heterocycles. The van der Waals surface area contributed by atoms with E-state index in [1.165, 1.54) is 24.8 Å². The Morgan fingerprint density at radius 2 is 1.76 bits per heavy atom. The van der Waals surface area contributed by atoms with Crippen LogP contribution in [-0.4, -0.2) is 42.1 Å². The zero-order valence-corrected chi connectivity index (χ0v) is 17.3. The lowest BCUT2D eigenvalue weighted by atomic mass is 9.95. The smallest absolute Gasteiger partial charge is 0.223 e. The van der Waals surface area contributed by atoms with Gasteiger partial charge in [0.1, 0.15) is 6.33 Å². The zero-order valence-electron chi connectivity index (χ0n) is 17.3. The van der Waals surface area contributed by atoms with E-state index in [-0.39, 0.29) is 11.8 Å². The number of amides is 1. The molecule has 1 amide bonds. The molecule has 0 aliphatic carbocycles. The summed E-state index contributed by atoms with van der Waals surface area (Å²) in [5, 5.41) is 3.12. The molecule has 2 fully saturated rings. The fraction of sp³-hybridized carbons (Fsp3) is 0.522. The maximum atomic E-state index is 12.6. The van der Waals surface area contributed by atoms with Crippen LogP contribution in [0.5, 0.6) is 0 Å². The van der Waals surface area contributed by atoms with Crippen molar-refractivity contribution in [2.24, 2.45) is 5.92 Å². The van der Waals surface area contributed by atoms with Gasteiger partial charge in [-0.2, -0.15) is 0 Å². The molecule has 154 valence electrons. The Morgan fingerprint density at radius 1 is 1.03 bits per heavy atom. The highest BCUT2D eigenvalue weighted by molar-refractivity contribution is 5.79. The molecule has 29 heavy (non-hydrogen) atoms. The topological polar surface area (TPSA) is 61.4 Å². The molecule has 3 heterocycles. The number of nitrogens with zero attached hydrogens (tertiary/aromatic N) is 4. The first-order valence-electron chi connectivity index (χ1n) is 10.8. The van der Waals surface area contributed by atoms with Crippen LogP contribution < -0.4 is 15.1 Å². The van der Waals surface area contributed by atoms with Crippen LogP contribution in [0.15, 0.2) is 36.8 Å². The predicted molar refractivity (Wildman–Crippen MR) is 116 cm³/mol. The Balaban J connectivity index is 1.32. The second-order valence-corrected chi connectivity index (χ2v) is 8.24. The second kappa shape index (κ2) is 9.25. The number of aryl methyl sites for hydroxylation is 1. The third-order valence-electron chi connectivity index (χ3n) is 6.12. The van der Waals surface area contributed by atoms with E-state index in [1.54, 1.807) is 6.33 Å². The first kappa shape index (κ1) is 19.7. The molecule has 2 saturated heterocycles. The fourth-order valence-electron chi connectivity index (χ4n) is 4.31. The average Bonchev–Trinajstić information content (AvgIpc) is 2.79. The maximum Gasteiger partial charge on any atom is 0.223 e. The predicted octanol–water partition coefficient (Wildman–Crippen LogP) is 3.31. The number of aromatic nitrogens is 2. The van der Waals surface area contributed by atoms with Crippen molar-refractivity contribution in [3.63, 3.8) is 0 Å². The van der Waals surface area contributed by atoms with Crippen molar-refractivity contribution in [2.75, 3.05) is 36.0 Å². The molecule has 1 N–H and O–H groups in total. The van der Waals surface area contributed by atoms with Gasteiger partial charge in [-0.25, -0.2) is 9.97 Å². The number of anilines is 2. The molecular weight excluding hydrogens is 362 g/mol. The van der Waals surface area contributed by atoms with Crippen LogP contribution in [0.4, 0.5) is 11.5 Å². The highest BCUT2D eigenvalue weighted by atomic mass is 16.1. The van der Waals surface area contributed by atoms with E-state index in [2.05, 4.69) is 56.3 Å². The van der Waals surface area contributed by atoms with Gasteiger partial charge in [-0.05, 0) is 44.6 Å². The molecule has 2 aromatic rings. The largest absolute Gasteiger partial charge is 0.367 e. The zero-order chi connectivity index (χ0) is 20.1. The summed E-state index contributed by atoms with van der Waals surface area (Å²) in [6.07, 6.45) is 9.09. The number of carbonyl (C=O) groups is 1. The minimum Gasteiger partial charge on any atom is -0.367 e. The summed E-state index contributed by atoms with van der Waals surface area (Å²) >= 11 is 0. The number of nitrogens with one attached hydrogen (secondary N) is 1. The van der Waals surface area contributed by atoms with Crippen LogP contribution >= 0.6 is 0 Å². The Morgan fingerprint density at radius 3 is 2.48 bits per heavy atom. The molecule has 2 aliphatic rings. The van der Waals surface area contributed by atoms with Crippen molar-refractivity contribution >= 4 is 17.4 Å². The number of benzene rings is 1. The first-order chi connectivity index (χ1) is 14.2. The summed E-state index contributed by atoms with van der Waals surface area (Å²) in [5.41, 5.74) is 3.50. The van der Waals surface area contributed by atoms with E-state index >= 15 is 0 Å². The molecule has 4 rings (SSSR count). The molecule has 0 saturated carbocycles. The van der Waals surface area contributed by atoms with Crippen LogP contribution in [0.2, 0.25) is 0 Å². The molecule has 0 bridgehead atoms. The monoisotopic (exact) mass is 393 g/mol. The second-order valence-electron chi connectivity index (χ2n) is 8.24. The van der Waals surface area contributed by atoms with Crippen LogP contribution in [0.1, 0.15) is 43.2 Å². The SMILES string of the molecule is Cc1ccc(CNC(=O)C2CCN(c3cncnc3N3CCCCC3)CC2)cc1. The quantitative estimate of drug-likeness (QED) is 0.844. The van der Waals surface area contributed by atoms with E-state index in [9.17, 15) is 4.79 Å². The Labute approximate surface area is 173 Å². The molecule has 6 nitrogen and oxygen atoms in total. The number of piperidine rings is 2. The lowest BCUT2D eigenvalue weighted by Gasteiger charge is -2.36. The van der Waals surface area contributed by atoms with Crippen LogP contribution in [0, 0.1) is 12.8 Å². The number of rotatable bonds is 5. The Hall–Kier alpha value is -2.63. The summed E-state index contributed by atoms with van der Waals surface area (Å²) in [7, 11) is 0. The molecular formula is C23H31N5O. The molecule has 6 heteroatoms. The van der Waals surface area contributed by atoms with Crippen molar-refractivity contribution in [2.45, 2.75) is 45.6 Å². The van der Waals surface area contributed by atoms with Gasteiger partial charge in [0, 0.05) is 38.6 Å². The highest BCUT2D eigenvalue weighted by Crippen LogP contribution is 2.31. The Kier molecular flexibility index (Phi) is 6.27. The van der Waals surface area contributed by atoms with Crippen molar-refractivity contribution < 1.29 is 4.79 Å². The minimum absolute atomic E-state index is 0.0831. The van der Waals surface area contributed by atoms with Crippen LogP contribution in [0.3, 0.4) is 0 Å². The van der Waals surface area contributed by atoms with Gasteiger partial charge in [0.2, 0.25) is 5.91 Å². The van der Waals surface area contributed by atoms with Crippen molar-refractivity contribution in [3.05, 3.63) is 47.9 Å². The standard InChI is InChI=1S/C23H31N5O/c1-18-5-7-19(8-6-18)15-25-23(29)20-9-13-27(14-10-20)21-16-24-17-26-22(21)28-11-3-2-4-12-28/h5-8,16-17,20H,2-4,9-15H2,1H3,(H,25,29). The van der Waals surface area contributed by atoms with Gasteiger partial charge < -0.3 is 15.1 Å². The Bertz CT molecular complexity index is 808. The van der Waals surface area contributed by atoms with Gasteiger partial charge in [-0.1, -0.05) is 29.8 Å². The summed E-state index contributed by atoms with van der Waals surface area (Å²) < 4.78 is 0. The number of hydrogen-bond acceptors (Lipinski definition) is 5. The van der Waals surface area contributed by atoms with E-state index in [0.717, 1.165) is 56.1 Å². The number of hydrogen-bond donors (Lipinski definition) is 1. The van der Waals surface area contributed by atoms with Crippen LogP contribution in [-0.2, 0) is 11.3 Å². The van der Waals surface area contributed by atoms with Gasteiger partial charge in [0.15, 0.2) is 5.82 Å². The van der Waals surface area contributed by atoms with Gasteiger partial charge in [-0.3, -0.25) is 4.79 Å². The lowest BCUT2D eigenvalue weighted by Crippen LogP contribution is -2.41. The van der Waals surface area contributed by atoms with Crippen molar-refractivity contribution in [1.82, 2.24) is 15.3 Å². The first-order valence-corrected chi connectivity index (χ1v) is 10.8. The van der Waals surface area contributed by atoms with Crippen molar-refractivity contribution in [3.8, 4) is 0 Å². The third-order valence-corrected chi connectivity index (χ3v) is 6.12. The third kappa shape index (κ3) is 4.86. The maximum absolute atomic E-state index is 12.6. The summed E-state index contributed by atoms with van der Waals surface area (Å²) in [6, 6.07) is 8.33. The fourth-order valence-corrected chi connectivity index (χ4v) is 4.31. The summed E-state index contributed by atoms with van der Waals surface area (Å²) in [6.45, 7) is 6.56. The lowest BCUT2D eigenvalue weighted by molar-refractivity contribution is -0.125. The summed E-state index contributed by atoms with van der Waals surface area (Å²) in [4.78, 5) is 26.3. The van der Waals surface area contributed by atoms with Crippen molar-refractivity contribution in [1.29, 1.82) is 0 Å². The molecule has 0 spiro atoms. The van der Waals surface area contributed by atoms with Gasteiger partial charge >= 0.3 is 0 Å². The number of carbonyl (C=O) groups excluding carboxylic acids is 1. The van der Waals surface area contributed by atoms with Gasteiger partial charge in [0.05, 0.1) is 11.9 Å². The normalized spacial score (nSPS) is 18.0. The molecule has 0 radical (unpaired) electrons. The molecule has 0 unspecified atom stereocenters. The molecule has 0 atom stereocenters. The highest BCUT2D eigenvalue weighted by Gasteiger charge is 2.27. The average molecular weight is 394 g/mol. The van der Waals surface area contributed by atoms with E-state index in [4.69, 9.17) is 0 Å². The molecule has 1 aromatic carbocycles. The van der Waals surface area contributed by atoms with Gasteiger partial charge in [0.25, 0.3) is 0 Å². The van der Waals surface area contributed by atoms with Gasteiger partial charge in [-0.15, -0.1) is 0 Å².